The van der Waals surface area contributed by atoms with Gasteiger partial charge in [0, 0.05) is 33.0 Å². The zero-order valence-electron chi connectivity index (χ0n) is 8.46. The highest BCUT2D eigenvalue weighted by atomic mass is 31.1. The highest BCUT2D eigenvalue weighted by Gasteiger charge is 2.32. The van der Waals surface area contributed by atoms with E-state index in [1.807, 2.05) is 0 Å². The summed E-state index contributed by atoms with van der Waals surface area (Å²) in [5.74, 6) is 0. The average Bonchev–Trinajstić information content (AvgIpc) is 2.22. The first-order valence-corrected chi connectivity index (χ1v) is 4.69. The number of methoxy groups -OCH3 is 4. The van der Waals surface area contributed by atoms with E-state index in [-0.39, 0.29) is 0 Å². The Morgan fingerprint density at radius 3 is 1.29 bits per heavy atom. The Morgan fingerprint density at radius 2 is 1.07 bits per heavy atom. The molecular formula is C6H14O7P+. The molecular weight excluding hydrogens is 215 g/mol. The minimum absolute atomic E-state index is 1.05. The van der Waals surface area contributed by atoms with Crippen LogP contribution < -0.4 is 0 Å². The molecule has 0 aliphatic rings. The van der Waals surface area contributed by atoms with Crippen molar-refractivity contribution in [3.05, 3.63) is 0 Å². The first-order chi connectivity index (χ1) is 6.67. The summed E-state index contributed by atoms with van der Waals surface area (Å²) in [5, 5.41) is 0. The summed E-state index contributed by atoms with van der Waals surface area (Å²) < 4.78 is 38.9. The molecule has 0 unspecified atom stereocenters. The average molecular weight is 229 g/mol. The van der Waals surface area contributed by atoms with Crippen molar-refractivity contribution in [2.45, 2.75) is 13.0 Å². The number of rotatable bonds is 8. The lowest BCUT2D eigenvalue weighted by molar-refractivity contribution is -0.244. The van der Waals surface area contributed by atoms with Gasteiger partial charge in [-0.05, 0) is 0 Å². The fourth-order valence-electron chi connectivity index (χ4n) is 0.530. The normalized spacial score (nSPS) is 11.3. The van der Waals surface area contributed by atoms with E-state index in [1.54, 1.807) is 0 Å². The van der Waals surface area contributed by atoms with E-state index in [9.17, 15) is 4.57 Å². The molecule has 0 aliphatic carbocycles. The Balaban J connectivity index is 3.83. The van der Waals surface area contributed by atoms with Crippen LogP contribution in [0.15, 0.2) is 0 Å². The molecule has 0 aliphatic heterocycles. The van der Waals surface area contributed by atoms with Crippen LogP contribution in [0.4, 0.5) is 0 Å². The van der Waals surface area contributed by atoms with Gasteiger partial charge in [-0.1, -0.05) is 9.05 Å². The van der Waals surface area contributed by atoms with Crippen LogP contribution in [0, 0.1) is 0 Å². The maximum Gasteiger partial charge on any atom is 0.708 e. The van der Waals surface area contributed by atoms with E-state index >= 15 is 0 Å². The van der Waals surface area contributed by atoms with Gasteiger partial charge in [-0.25, -0.2) is 0 Å². The van der Waals surface area contributed by atoms with Crippen LogP contribution in [-0.4, -0.2) is 41.4 Å². The molecule has 0 aromatic carbocycles. The largest absolute Gasteiger partial charge is 0.708 e. The zero-order valence-corrected chi connectivity index (χ0v) is 9.35. The Bertz CT molecular complexity index is 140. The van der Waals surface area contributed by atoms with Crippen LogP contribution in [0.3, 0.4) is 0 Å². The summed E-state index contributed by atoms with van der Waals surface area (Å²) >= 11 is 0. The molecule has 0 aromatic rings. The van der Waals surface area contributed by atoms with Crippen molar-refractivity contribution in [2.75, 3.05) is 28.4 Å². The summed E-state index contributed by atoms with van der Waals surface area (Å²) in [6.07, 6.45) is 0. The predicted molar refractivity (Wildman–Crippen MR) is 45.4 cm³/mol. The molecule has 0 fully saturated rings. The molecule has 0 radical (unpaired) electrons. The van der Waals surface area contributed by atoms with Gasteiger partial charge >= 0.3 is 21.2 Å². The van der Waals surface area contributed by atoms with Crippen LogP contribution in [0.5, 0.6) is 0 Å². The molecule has 0 spiro atoms. The van der Waals surface area contributed by atoms with Crippen molar-refractivity contribution in [2.24, 2.45) is 0 Å². The van der Waals surface area contributed by atoms with Gasteiger partial charge in [0.05, 0.1) is 0 Å². The molecule has 0 bridgehead atoms. The van der Waals surface area contributed by atoms with Crippen LogP contribution >= 0.6 is 8.25 Å². The van der Waals surface area contributed by atoms with Gasteiger partial charge in [0.25, 0.3) is 0 Å². The molecule has 0 aromatic heterocycles. The Hall–Kier alpha value is -0.140. The quantitative estimate of drug-likeness (QED) is 0.450. The zero-order chi connectivity index (χ0) is 11.0. The predicted octanol–water partition coefficient (Wildman–Crippen LogP) is 0.830. The van der Waals surface area contributed by atoms with Crippen molar-refractivity contribution in [1.29, 1.82) is 0 Å². The molecule has 0 atom stereocenters. The SMILES string of the molecule is COC(OC)O[P+](=O)OC(OC)OC. The third kappa shape index (κ3) is 5.56. The van der Waals surface area contributed by atoms with Gasteiger partial charge in [-0.15, -0.1) is 0 Å². The first kappa shape index (κ1) is 13.9. The van der Waals surface area contributed by atoms with Gasteiger partial charge in [-0.2, -0.15) is 0 Å². The van der Waals surface area contributed by atoms with Crippen molar-refractivity contribution >= 4 is 8.25 Å². The summed E-state index contributed by atoms with van der Waals surface area (Å²) in [5.41, 5.74) is 0. The third-order valence-corrected chi connectivity index (χ3v) is 1.80. The monoisotopic (exact) mass is 229 g/mol. The first-order valence-electron chi connectivity index (χ1n) is 3.59. The Labute approximate surface area is 83.1 Å². The molecule has 84 valence electrons. The second-order valence-corrected chi connectivity index (χ2v) is 2.82. The summed E-state index contributed by atoms with van der Waals surface area (Å²) in [6, 6.07) is 0. The second-order valence-electron chi connectivity index (χ2n) is 1.95. The second kappa shape index (κ2) is 8.19. The minimum atomic E-state index is -2.43. The van der Waals surface area contributed by atoms with Crippen molar-refractivity contribution in [3.63, 3.8) is 0 Å². The summed E-state index contributed by atoms with van der Waals surface area (Å²) in [6.45, 7) is -2.10. The molecule has 8 heteroatoms. The Morgan fingerprint density at radius 1 is 0.786 bits per heavy atom. The van der Waals surface area contributed by atoms with E-state index in [4.69, 9.17) is 0 Å². The number of ether oxygens (including phenoxy) is 4. The highest BCUT2D eigenvalue weighted by Crippen LogP contribution is 2.28. The molecule has 7 nitrogen and oxygen atoms in total. The minimum Gasteiger partial charge on any atom is -0.330 e. The fourth-order valence-corrected chi connectivity index (χ4v) is 1.21. The standard InChI is InChI=1S/C6H14O7P/c1-8-5(9-2)12-14(7)13-6(10-3)11-4/h5-6H,1-4H3/q+1. The van der Waals surface area contributed by atoms with E-state index in [1.165, 1.54) is 28.4 Å². The smallest absolute Gasteiger partial charge is 0.330 e. The van der Waals surface area contributed by atoms with Crippen molar-refractivity contribution in [3.8, 4) is 0 Å². The topological polar surface area (TPSA) is 72.5 Å². The van der Waals surface area contributed by atoms with E-state index < -0.39 is 21.2 Å². The molecule has 0 heterocycles. The maximum atomic E-state index is 11.1. The van der Waals surface area contributed by atoms with E-state index in [0.29, 0.717) is 0 Å². The fraction of sp³-hybridized carbons (Fsp3) is 1.00. The summed E-state index contributed by atoms with van der Waals surface area (Å²) in [4.78, 5) is 0. The lowest BCUT2D eigenvalue weighted by atomic mass is 11.2. The highest BCUT2D eigenvalue weighted by molar-refractivity contribution is 7.33. The summed E-state index contributed by atoms with van der Waals surface area (Å²) in [7, 11) is 2.91. The molecule has 0 saturated heterocycles. The van der Waals surface area contributed by atoms with Gasteiger partial charge in [0.1, 0.15) is 0 Å². The lowest BCUT2D eigenvalue weighted by Crippen LogP contribution is -2.17. The molecule has 0 N–H and O–H groups in total. The number of hydrogen-bond acceptors (Lipinski definition) is 7. The van der Waals surface area contributed by atoms with E-state index in [2.05, 4.69) is 28.0 Å². The van der Waals surface area contributed by atoms with E-state index in [0.717, 1.165) is 0 Å². The van der Waals surface area contributed by atoms with Crippen LogP contribution in [-0.2, 0) is 32.6 Å². The molecule has 0 saturated carbocycles. The van der Waals surface area contributed by atoms with Gasteiger partial charge in [0.2, 0.25) is 0 Å². The van der Waals surface area contributed by atoms with Crippen LogP contribution in [0.25, 0.3) is 0 Å². The molecule has 14 heavy (non-hydrogen) atoms. The molecule has 0 amide bonds. The van der Waals surface area contributed by atoms with Gasteiger partial charge < -0.3 is 18.9 Å². The van der Waals surface area contributed by atoms with Crippen molar-refractivity contribution in [1.82, 2.24) is 0 Å². The van der Waals surface area contributed by atoms with Crippen LogP contribution in [0.2, 0.25) is 0 Å². The maximum absolute atomic E-state index is 11.1. The lowest BCUT2D eigenvalue weighted by Gasteiger charge is -2.07. The molecule has 0 rings (SSSR count). The van der Waals surface area contributed by atoms with Crippen molar-refractivity contribution < 1.29 is 32.6 Å². The third-order valence-electron chi connectivity index (χ3n) is 1.11. The van der Waals surface area contributed by atoms with Gasteiger partial charge in [-0.3, -0.25) is 0 Å². The van der Waals surface area contributed by atoms with Gasteiger partial charge in [0.15, 0.2) is 0 Å². The van der Waals surface area contributed by atoms with Crippen LogP contribution in [0.1, 0.15) is 0 Å². The number of hydrogen-bond donors (Lipinski definition) is 0. The Kier molecular flexibility index (Phi) is 8.11.